The molecule has 0 amide bonds. The number of hydrogen-bond acceptors (Lipinski definition) is 1. The van der Waals surface area contributed by atoms with E-state index in [9.17, 15) is 4.79 Å². The molecule has 0 aliphatic heterocycles. The fourth-order valence-corrected chi connectivity index (χ4v) is 3.02. The first-order valence-electron chi connectivity index (χ1n) is 6.94. The summed E-state index contributed by atoms with van der Waals surface area (Å²) in [5, 5.41) is 0.731. The summed E-state index contributed by atoms with van der Waals surface area (Å²) in [4.78, 5) is 12.6. The van der Waals surface area contributed by atoms with Gasteiger partial charge in [-0.25, -0.2) is 0 Å². The van der Waals surface area contributed by atoms with Crippen molar-refractivity contribution in [3.05, 3.63) is 69.7 Å². The van der Waals surface area contributed by atoms with Crippen molar-refractivity contribution in [1.82, 2.24) is 0 Å². The van der Waals surface area contributed by atoms with E-state index < -0.39 is 0 Å². The summed E-state index contributed by atoms with van der Waals surface area (Å²) in [6.07, 6.45) is 0.962. The molecular weight excluding hydrogens is 268 g/mol. The van der Waals surface area contributed by atoms with Crippen molar-refractivity contribution in [3.63, 3.8) is 0 Å². The maximum atomic E-state index is 12.6. The summed E-state index contributed by atoms with van der Waals surface area (Å²) in [7, 11) is 0. The third kappa shape index (κ3) is 2.38. The van der Waals surface area contributed by atoms with E-state index in [-0.39, 0.29) is 11.7 Å². The molecule has 1 fully saturated rings. The molecule has 2 aromatic rings. The van der Waals surface area contributed by atoms with Gasteiger partial charge in [0.15, 0.2) is 5.78 Å². The van der Waals surface area contributed by atoms with Gasteiger partial charge in [-0.3, -0.25) is 4.79 Å². The monoisotopic (exact) mass is 284 g/mol. The number of halogens is 1. The van der Waals surface area contributed by atoms with Crippen LogP contribution in [0.3, 0.4) is 0 Å². The third-order valence-corrected chi connectivity index (χ3v) is 4.53. The number of aryl methyl sites for hydroxylation is 2. The Morgan fingerprint density at radius 3 is 2.50 bits per heavy atom. The van der Waals surface area contributed by atoms with Crippen molar-refractivity contribution in [1.29, 1.82) is 0 Å². The summed E-state index contributed by atoms with van der Waals surface area (Å²) < 4.78 is 0. The predicted octanol–water partition coefficient (Wildman–Crippen LogP) is 4.94. The first-order valence-corrected chi connectivity index (χ1v) is 7.31. The van der Waals surface area contributed by atoms with Crippen molar-refractivity contribution >= 4 is 17.4 Å². The average Bonchev–Trinajstić information content (AvgIpc) is 3.23. The highest BCUT2D eigenvalue weighted by Gasteiger charge is 2.44. The standard InChI is InChI=1S/C18H17ClO/c1-11-9-17(19)12(2)8-14(11)18(20)16-10-15(16)13-6-4-3-5-7-13/h3-9,15-16H,10H2,1-2H3. The van der Waals surface area contributed by atoms with Crippen LogP contribution in [0.5, 0.6) is 0 Å². The summed E-state index contributed by atoms with van der Waals surface area (Å²) >= 11 is 6.10. The van der Waals surface area contributed by atoms with Crippen LogP contribution in [-0.4, -0.2) is 5.78 Å². The van der Waals surface area contributed by atoms with Gasteiger partial charge in [0.25, 0.3) is 0 Å². The number of carbonyl (C=O) groups is 1. The molecule has 2 aromatic carbocycles. The van der Waals surface area contributed by atoms with Crippen LogP contribution < -0.4 is 0 Å². The number of benzene rings is 2. The van der Waals surface area contributed by atoms with Gasteiger partial charge in [0.2, 0.25) is 0 Å². The van der Waals surface area contributed by atoms with Gasteiger partial charge in [0.1, 0.15) is 0 Å². The molecule has 0 bridgehead atoms. The summed E-state index contributed by atoms with van der Waals surface area (Å²) in [5.74, 6) is 0.784. The molecule has 0 saturated heterocycles. The van der Waals surface area contributed by atoms with Gasteiger partial charge >= 0.3 is 0 Å². The van der Waals surface area contributed by atoms with E-state index in [4.69, 9.17) is 11.6 Å². The van der Waals surface area contributed by atoms with Crippen LogP contribution in [0.2, 0.25) is 5.02 Å². The highest BCUT2D eigenvalue weighted by molar-refractivity contribution is 6.31. The molecule has 2 heteroatoms. The Balaban J connectivity index is 1.84. The molecule has 102 valence electrons. The topological polar surface area (TPSA) is 17.1 Å². The Kier molecular flexibility index (Phi) is 3.39. The molecule has 0 heterocycles. The Morgan fingerprint density at radius 2 is 1.80 bits per heavy atom. The van der Waals surface area contributed by atoms with Crippen LogP contribution >= 0.6 is 11.6 Å². The van der Waals surface area contributed by atoms with Crippen LogP contribution in [0.25, 0.3) is 0 Å². The summed E-state index contributed by atoms with van der Waals surface area (Å²) in [6.45, 7) is 3.90. The number of Topliss-reactive ketones (excluding diaryl/α,β-unsaturated/α-hetero) is 1. The molecule has 1 saturated carbocycles. The molecule has 1 aliphatic rings. The van der Waals surface area contributed by atoms with Crippen molar-refractivity contribution < 1.29 is 4.79 Å². The van der Waals surface area contributed by atoms with Crippen molar-refractivity contribution in [2.24, 2.45) is 5.92 Å². The van der Waals surface area contributed by atoms with E-state index >= 15 is 0 Å². The number of ketones is 1. The van der Waals surface area contributed by atoms with E-state index in [0.29, 0.717) is 5.92 Å². The van der Waals surface area contributed by atoms with Gasteiger partial charge in [0, 0.05) is 16.5 Å². The van der Waals surface area contributed by atoms with Gasteiger partial charge in [-0.15, -0.1) is 0 Å². The Bertz CT molecular complexity index is 661. The first kappa shape index (κ1) is 13.4. The Labute approximate surface area is 124 Å². The molecule has 0 aromatic heterocycles. The number of rotatable bonds is 3. The number of hydrogen-bond donors (Lipinski definition) is 0. The molecule has 20 heavy (non-hydrogen) atoms. The van der Waals surface area contributed by atoms with E-state index in [1.807, 2.05) is 44.2 Å². The minimum absolute atomic E-state index is 0.136. The van der Waals surface area contributed by atoms with Crippen LogP contribution in [0.15, 0.2) is 42.5 Å². The van der Waals surface area contributed by atoms with E-state index in [0.717, 1.165) is 28.1 Å². The summed E-state index contributed by atoms with van der Waals surface area (Å²) in [5.41, 5.74) is 4.05. The molecule has 2 atom stereocenters. The molecule has 1 nitrogen and oxygen atoms in total. The normalized spacial score (nSPS) is 20.8. The van der Waals surface area contributed by atoms with Crippen LogP contribution in [-0.2, 0) is 0 Å². The lowest BCUT2D eigenvalue weighted by molar-refractivity contribution is 0.0964. The second kappa shape index (κ2) is 5.06. The van der Waals surface area contributed by atoms with Crippen molar-refractivity contribution in [3.8, 4) is 0 Å². The fourth-order valence-electron chi connectivity index (χ4n) is 2.80. The SMILES string of the molecule is Cc1cc(C(=O)C2CC2c2ccccc2)c(C)cc1Cl. The van der Waals surface area contributed by atoms with Gasteiger partial charge < -0.3 is 0 Å². The Hall–Kier alpha value is -1.60. The van der Waals surface area contributed by atoms with Crippen LogP contribution in [0.4, 0.5) is 0 Å². The predicted molar refractivity (Wildman–Crippen MR) is 82.5 cm³/mol. The molecular formula is C18H17ClO. The molecule has 2 unspecified atom stereocenters. The second-order valence-electron chi connectivity index (χ2n) is 5.64. The van der Waals surface area contributed by atoms with Crippen LogP contribution in [0.1, 0.15) is 39.4 Å². The average molecular weight is 285 g/mol. The second-order valence-corrected chi connectivity index (χ2v) is 6.05. The van der Waals surface area contributed by atoms with Gasteiger partial charge in [-0.2, -0.15) is 0 Å². The molecule has 3 rings (SSSR count). The molecule has 0 radical (unpaired) electrons. The maximum Gasteiger partial charge on any atom is 0.166 e. The van der Waals surface area contributed by atoms with E-state index in [1.54, 1.807) is 0 Å². The zero-order chi connectivity index (χ0) is 14.3. The van der Waals surface area contributed by atoms with Crippen molar-refractivity contribution in [2.75, 3.05) is 0 Å². The minimum Gasteiger partial charge on any atom is -0.294 e. The fraction of sp³-hybridized carbons (Fsp3) is 0.278. The summed E-state index contributed by atoms with van der Waals surface area (Å²) in [6, 6.07) is 14.1. The lowest BCUT2D eigenvalue weighted by atomic mass is 9.97. The zero-order valence-electron chi connectivity index (χ0n) is 11.7. The van der Waals surface area contributed by atoms with Gasteiger partial charge in [-0.1, -0.05) is 41.9 Å². The Morgan fingerprint density at radius 1 is 1.10 bits per heavy atom. The van der Waals surface area contributed by atoms with Gasteiger partial charge in [-0.05, 0) is 55.0 Å². The molecule has 1 aliphatic carbocycles. The smallest absolute Gasteiger partial charge is 0.166 e. The van der Waals surface area contributed by atoms with E-state index in [2.05, 4.69) is 12.1 Å². The third-order valence-electron chi connectivity index (χ3n) is 4.13. The maximum absolute atomic E-state index is 12.6. The quantitative estimate of drug-likeness (QED) is 0.729. The highest BCUT2D eigenvalue weighted by Crippen LogP contribution is 2.49. The lowest BCUT2D eigenvalue weighted by Crippen LogP contribution is -2.06. The molecule has 0 N–H and O–H groups in total. The number of carbonyl (C=O) groups excluding carboxylic acids is 1. The van der Waals surface area contributed by atoms with Gasteiger partial charge in [0.05, 0.1) is 0 Å². The molecule has 0 spiro atoms. The van der Waals surface area contributed by atoms with E-state index in [1.165, 1.54) is 5.56 Å². The highest BCUT2D eigenvalue weighted by atomic mass is 35.5. The lowest BCUT2D eigenvalue weighted by Gasteiger charge is -2.08. The zero-order valence-corrected chi connectivity index (χ0v) is 12.4. The largest absolute Gasteiger partial charge is 0.294 e. The minimum atomic E-state index is 0.136. The van der Waals surface area contributed by atoms with Crippen molar-refractivity contribution in [2.45, 2.75) is 26.2 Å². The van der Waals surface area contributed by atoms with Crippen LogP contribution in [0, 0.1) is 19.8 Å². The first-order chi connectivity index (χ1) is 9.58.